The van der Waals surface area contributed by atoms with Crippen LogP contribution in [0.1, 0.15) is 17.7 Å². The first kappa shape index (κ1) is 10.9. The molecule has 0 aromatic carbocycles. The monoisotopic (exact) mass is 261 g/mol. The standard InChI is InChI=1S/C9H12BrNOS/c10-7-4-9(13-6-7)5-8(12)2-1-3-11/h4,6H,1-3,5,11H2. The molecule has 0 aliphatic rings. The highest BCUT2D eigenvalue weighted by atomic mass is 79.9. The van der Waals surface area contributed by atoms with Gasteiger partial charge in [0.05, 0.1) is 0 Å². The SMILES string of the molecule is NCCCC(=O)Cc1cc(Br)cs1. The average Bonchev–Trinajstić information content (AvgIpc) is 2.48. The number of Topliss-reactive ketones (excluding diaryl/α,β-unsaturated/α-hetero) is 1. The molecular formula is C9H12BrNOS. The fourth-order valence-electron chi connectivity index (χ4n) is 1.03. The lowest BCUT2D eigenvalue weighted by Crippen LogP contribution is -2.06. The molecule has 4 heteroatoms. The van der Waals surface area contributed by atoms with Gasteiger partial charge in [-0.25, -0.2) is 0 Å². The van der Waals surface area contributed by atoms with Crippen molar-refractivity contribution in [3.63, 3.8) is 0 Å². The van der Waals surface area contributed by atoms with E-state index in [-0.39, 0.29) is 5.78 Å². The van der Waals surface area contributed by atoms with Crippen LogP contribution in [0.3, 0.4) is 0 Å². The molecule has 0 radical (unpaired) electrons. The van der Waals surface area contributed by atoms with Crippen LogP contribution in [-0.4, -0.2) is 12.3 Å². The average molecular weight is 262 g/mol. The first-order valence-electron chi connectivity index (χ1n) is 4.17. The summed E-state index contributed by atoms with van der Waals surface area (Å²) in [5.41, 5.74) is 5.32. The van der Waals surface area contributed by atoms with E-state index in [2.05, 4.69) is 15.9 Å². The molecule has 0 saturated heterocycles. The maximum Gasteiger partial charge on any atom is 0.138 e. The number of nitrogens with two attached hydrogens (primary N) is 1. The van der Waals surface area contributed by atoms with E-state index in [0.717, 1.165) is 15.8 Å². The third kappa shape index (κ3) is 4.02. The predicted molar refractivity (Wildman–Crippen MR) is 59.0 cm³/mol. The lowest BCUT2D eigenvalue weighted by atomic mass is 10.1. The van der Waals surface area contributed by atoms with Gasteiger partial charge in [0, 0.05) is 27.6 Å². The van der Waals surface area contributed by atoms with Gasteiger partial charge in [-0.1, -0.05) is 0 Å². The number of thiophene rings is 1. The zero-order valence-electron chi connectivity index (χ0n) is 7.25. The summed E-state index contributed by atoms with van der Waals surface area (Å²) in [6.45, 7) is 0.597. The Morgan fingerprint density at radius 3 is 2.92 bits per heavy atom. The maximum absolute atomic E-state index is 11.3. The Balaban J connectivity index is 2.36. The normalized spacial score (nSPS) is 10.3. The lowest BCUT2D eigenvalue weighted by Gasteiger charge is -1.96. The van der Waals surface area contributed by atoms with Gasteiger partial charge in [0.2, 0.25) is 0 Å². The Bertz CT molecular complexity index is 285. The highest BCUT2D eigenvalue weighted by Gasteiger charge is 2.04. The van der Waals surface area contributed by atoms with Crippen LogP contribution in [0.5, 0.6) is 0 Å². The summed E-state index contributed by atoms with van der Waals surface area (Å²) in [5.74, 6) is 0.278. The predicted octanol–water partition coefficient (Wildman–Crippen LogP) is 2.36. The summed E-state index contributed by atoms with van der Waals surface area (Å²) >= 11 is 4.97. The summed E-state index contributed by atoms with van der Waals surface area (Å²) in [6, 6.07) is 1.99. The van der Waals surface area contributed by atoms with E-state index >= 15 is 0 Å². The van der Waals surface area contributed by atoms with E-state index in [4.69, 9.17) is 5.73 Å². The van der Waals surface area contributed by atoms with E-state index in [0.29, 0.717) is 19.4 Å². The molecule has 0 fully saturated rings. The molecule has 1 rings (SSSR count). The van der Waals surface area contributed by atoms with Crippen molar-refractivity contribution in [1.29, 1.82) is 0 Å². The summed E-state index contributed by atoms with van der Waals surface area (Å²) in [7, 11) is 0. The maximum atomic E-state index is 11.3. The Hall–Kier alpha value is -0.190. The topological polar surface area (TPSA) is 43.1 Å². The number of halogens is 1. The molecule has 1 aromatic heterocycles. The largest absolute Gasteiger partial charge is 0.330 e. The van der Waals surface area contributed by atoms with Gasteiger partial charge in [0.1, 0.15) is 5.78 Å². The van der Waals surface area contributed by atoms with Gasteiger partial charge in [-0.05, 0) is 35.0 Å². The molecule has 0 atom stereocenters. The minimum atomic E-state index is 0.278. The smallest absolute Gasteiger partial charge is 0.138 e. The summed E-state index contributed by atoms with van der Waals surface area (Å²) in [4.78, 5) is 12.4. The summed E-state index contributed by atoms with van der Waals surface area (Å²) in [6.07, 6.45) is 1.95. The zero-order valence-corrected chi connectivity index (χ0v) is 9.66. The van der Waals surface area contributed by atoms with Crippen LogP contribution >= 0.6 is 27.3 Å². The lowest BCUT2D eigenvalue weighted by molar-refractivity contribution is -0.118. The second-order valence-electron chi connectivity index (χ2n) is 2.84. The second-order valence-corrected chi connectivity index (χ2v) is 4.75. The van der Waals surface area contributed by atoms with Crippen molar-refractivity contribution in [2.45, 2.75) is 19.3 Å². The van der Waals surface area contributed by atoms with Gasteiger partial charge < -0.3 is 5.73 Å². The van der Waals surface area contributed by atoms with Crippen molar-refractivity contribution in [1.82, 2.24) is 0 Å². The Kier molecular flexibility index (Phi) is 4.62. The molecule has 2 nitrogen and oxygen atoms in total. The molecule has 0 aliphatic carbocycles. The molecule has 0 amide bonds. The van der Waals surface area contributed by atoms with Crippen LogP contribution in [0.15, 0.2) is 15.9 Å². The van der Waals surface area contributed by atoms with E-state index in [1.807, 2.05) is 11.4 Å². The Morgan fingerprint density at radius 2 is 2.38 bits per heavy atom. The van der Waals surface area contributed by atoms with E-state index in [1.54, 1.807) is 11.3 Å². The molecule has 0 unspecified atom stereocenters. The van der Waals surface area contributed by atoms with E-state index < -0.39 is 0 Å². The van der Waals surface area contributed by atoms with Gasteiger partial charge in [-0.3, -0.25) is 4.79 Å². The number of carbonyl (C=O) groups excluding carboxylic acids is 1. The zero-order chi connectivity index (χ0) is 9.68. The Labute approximate surface area is 90.3 Å². The summed E-state index contributed by atoms with van der Waals surface area (Å²) in [5, 5.41) is 1.99. The molecule has 0 aliphatic heterocycles. The van der Waals surface area contributed by atoms with E-state index in [1.165, 1.54) is 0 Å². The third-order valence-corrected chi connectivity index (χ3v) is 3.35. The fourth-order valence-corrected chi connectivity index (χ4v) is 2.51. The molecule has 1 aromatic rings. The van der Waals surface area contributed by atoms with Crippen LogP contribution in [-0.2, 0) is 11.2 Å². The van der Waals surface area contributed by atoms with Crippen molar-refractivity contribution in [2.75, 3.05) is 6.54 Å². The van der Waals surface area contributed by atoms with Crippen molar-refractivity contribution >= 4 is 33.0 Å². The molecule has 72 valence electrons. The molecule has 1 heterocycles. The minimum Gasteiger partial charge on any atom is -0.330 e. The van der Waals surface area contributed by atoms with Crippen LogP contribution in [0, 0.1) is 0 Å². The molecule has 0 spiro atoms. The van der Waals surface area contributed by atoms with Crippen LogP contribution in [0.4, 0.5) is 0 Å². The molecule has 0 saturated carbocycles. The number of hydrogen-bond acceptors (Lipinski definition) is 3. The molecule has 2 N–H and O–H groups in total. The van der Waals surface area contributed by atoms with Crippen molar-refractivity contribution in [3.8, 4) is 0 Å². The number of carbonyl (C=O) groups is 1. The highest BCUT2D eigenvalue weighted by molar-refractivity contribution is 9.10. The third-order valence-electron chi connectivity index (χ3n) is 1.65. The quantitative estimate of drug-likeness (QED) is 0.885. The van der Waals surface area contributed by atoms with Gasteiger partial charge >= 0.3 is 0 Å². The highest BCUT2D eigenvalue weighted by Crippen LogP contribution is 2.20. The van der Waals surface area contributed by atoms with Gasteiger partial charge in [-0.15, -0.1) is 11.3 Å². The molecule has 13 heavy (non-hydrogen) atoms. The van der Waals surface area contributed by atoms with Crippen molar-refractivity contribution in [2.24, 2.45) is 5.73 Å². The van der Waals surface area contributed by atoms with Crippen LogP contribution < -0.4 is 5.73 Å². The van der Waals surface area contributed by atoms with Crippen molar-refractivity contribution in [3.05, 3.63) is 20.8 Å². The van der Waals surface area contributed by atoms with Crippen LogP contribution in [0.2, 0.25) is 0 Å². The van der Waals surface area contributed by atoms with Crippen LogP contribution in [0.25, 0.3) is 0 Å². The first-order valence-corrected chi connectivity index (χ1v) is 5.84. The fraction of sp³-hybridized carbons (Fsp3) is 0.444. The summed E-state index contributed by atoms with van der Waals surface area (Å²) < 4.78 is 1.05. The van der Waals surface area contributed by atoms with Gasteiger partial charge in [0.25, 0.3) is 0 Å². The first-order chi connectivity index (χ1) is 6.22. The van der Waals surface area contributed by atoms with Gasteiger partial charge in [0.15, 0.2) is 0 Å². The second kappa shape index (κ2) is 5.52. The van der Waals surface area contributed by atoms with E-state index in [9.17, 15) is 4.79 Å². The molecular weight excluding hydrogens is 250 g/mol. The number of hydrogen-bond donors (Lipinski definition) is 1. The Morgan fingerprint density at radius 1 is 1.62 bits per heavy atom. The van der Waals surface area contributed by atoms with Gasteiger partial charge in [-0.2, -0.15) is 0 Å². The number of ketones is 1. The number of rotatable bonds is 5. The molecule has 0 bridgehead atoms. The minimum absolute atomic E-state index is 0.278. The van der Waals surface area contributed by atoms with Crippen molar-refractivity contribution < 1.29 is 4.79 Å².